The molecule has 0 radical (unpaired) electrons. The lowest BCUT2D eigenvalue weighted by Crippen LogP contribution is -1.98. The molecule has 6 aromatic rings. The van der Waals surface area contributed by atoms with Gasteiger partial charge in [0.15, 0.2) is 0 Å². The van der Waals surface area contributed by atoms with E-state index in [4.69, 9.17) is 4.42 Å². The Morgan fingerprint density at radius 2 is 1.53 bits per heavy atom. The van der Waals surface area contributed by atoms with Gasteiger partial charge in [0.2, 0.25) is 0 Å². The number of hydrogen-bond acceptors (Lipinski definition) is 1. The number of hydrogen-bond donors (Lipinski definition) is 0. The van der Waals surface area contributed by atoms with E-state index >= 15 is 0 Å². The highest BCUT2D eigenvalue weighted by atomic mass is 79.9. The molecular formula is C31H22BrNO. The molecule has 0 aliphatic heterocycles. The van der Waals surface area contributed by atoms with E-state index in [0.29, 0.717) is 5.92 Å². The van der Waals surface area contributed by atoms with Crippen LogP contribution in [0, 0.1) is 5.92 Å². The minimum Gasteiger partial charge on any atom is -0.455 e. The van der Waals surface area contributed by atoms with Crippen LogP contribution in [-0.4, -0.2) is 4.57 Å². The van der Waals surface area contributed by atoms with Crippen molar-refractivity contribution in [1.29, 1.82) is 0 Å². The van der Waals surface area contributed by atoms with E-state index in [-0.39, 0.29) is 0 Å². The number of nitrogens with zero attached hydrogens (tertiary/aromatic N) is 1. The number of allylic oxidation sites excluding steroid dienone is 4. The molecular weight excluding hydrogens is 482 g/mol. The highest BCUT2D eigenvalue weighted by molar-refractivity contribution is 9.11. The summed E-state index contributed by atoms with van der Waals surface area (Å²) in [6, 6.07) is 30.1. The van der Waals surface area contributed by atoms with E-state index in [9.17, 15) is 0 Å². The minimum absolute atomic E-state index is 0.539. The van der Waals surface area contributed by atoms with E-state index in [1.165, 1.54) is 26.3 Å². The second kappa shape index (κ2) is 7.48. The van der Waals surface area contributed by atoms with Gasteiger partial charge in [-0.2, -0.15) is 0 Å². The highest BCUT2D eigenvalue weighted by Gasteiger charge is 2.21. The number of rotatable bonds is 2. The van der Waals surface area contributed by atoms with Crippen LogP contribution in [0.3, 0.4) is 0 Å². The molecule has 164 valence electrons. The number of halogens is 1. The lowest BCUT2D eigenvalue weighted by molar-refractivity contribution is 0.671. The molecule has 0 saturated heterocycles. The quantitative estimate of drug-likeness (QED) is 0.230. The summed E-state index contributed by atoms with van der Waals surface area (Å²) in [4.78, 5) is 0. The maximum atomic E-state index is 6.78. The molecule has 2 nitrogen and oxygen atoms in total. The van der Waals surface area contributed by atoms with E-state index in [1.807, 2.05) is 0 Å². The third-order valence-corrected chi connectivity index (χ3v) is 7.74. The third-order valence-electron chi connectivity index (χ3n) is 6.99. The molecule has 1 atom stereocenters. The average Bonchev–Trinajstić information content (AvgIpc) is 3.40. The zero-order valence-corrected chi connectivity index (χ0v) is 20.3. The van der Waals surface area contributed by atoms with Crippen LogP contribution < -0.4 is 0 Å². The van der Waals surface area contributed by atoms with Crippen molar-refractivity contribution < 1.29 is 4.42 Å². The summed E-state index contributed by atoms with van der Waals surface area (Å²) in [5.41, 5.74) is 7.76. The summed E-state index contributed by atoms with van der Waals surface area (Å²) in [5, 5.41) is 4.69. The van der Waals surface area contributed by atoms with E-state index in [1.54, 1.807) is 0 Å². The molecule has 4 aromatic carbocycles. The Balaban J connectivity index is 1.60. The second-order valence-corrected chi connectivity index (χ2v) is 10.1. The van der Waals surface area contributed by atoms with Gasteiger partial charge >= 0.3 is 0 Å². The van der Waals surface area contributed by atoms with E-state index in [2.05, 4.69) is 125 Å². The van der Waals surface area contributed by atoms with Gasteiger partial charge in [0.05, 0.1) is 16.4 Å². The van der Waals surface area contributed by atoms with Gasteiger partial charge in [-0.1, -0.05) is 89.6 Å². The summed E-state index contributed by atoms with van der Waals surface area (Å²) in [6.45, 7) is 2.25. The van der Waals surface area contributed by atoms with Crippen molar-refractivity contribution in [3.05, 3.63) is 107 Å². The number of fused-ring (bicyclic) bond motifs is 7. The van der Waals surface area contributed by atoms with E-state index < -0.39 is 0 Å². The zero-order chi connectivity index (χ0) is 22.8. The summed E-state index contributed by atoms with van der Waals surface area (Å²) in [5.74, 6) is 0.539. The molecule has 3 heteroatoms. The first-order valence-corrected chi connectivity index (χ1v) is 12.5. The van der Waals surface area contributed by atoms with Crippen molar-refractivity contribution in [2.45, 2.75) is 13.3 Å². The average molecular weight is 504 g/mol. The molecule has 0 amide bonds. The van der Waals surface area contributed by atoms with Crippen LogP contribution in [0.1, 0.15) is 18.9 Å². The Labute approximate surface area is 205 Å². The molecule has 0 fully saturated rings. The third kappa shape index (κ3) is 2.80. The Bertz CT molecular complexity index is 1800. The van der Waals surface area contributed by atoms with Crippen LogP contribution in [0.15, 0.2) is 106 Å². The molecule has 0 saturated carbocycles. The minimum atomic E-state index is 0.539. The maximum absolute atomic E-state index is 6.78. The Morgan fingerprint density at radius 3 is 2.38 bits per heavy atom. The molecule has 7 rings (SSSR count). The smallest absolute Gasteiger partial charge is 0.145 e. The summed E-state index contributed by atoms with van der Waals surface area (Å²) in [6.07, 6.45) is 5.53. The van der Waals surface area contributed by atoms with Crippen molar-refractivity contribution in [3.63, 3.8) is 0 Å². The summed E-state index contributed by atoms with van der Waals surface area (Å²) < 4.78 is 10.4. The maximum Gasteiger partial charge on any atom is 0.145 e. The largest absolute Gasteiger partial charge is 0.455 e. The molecule has 0 unspecified atom stereocenters. The van der Waals surface area contributed by atoms with Gasteiger partial charge in [-0.3, -0.25) is 0 Å². The Hall–Kier alpha value is -3.56. The molecule has 1 aliphatic carbocycles. The zero-order valence-electron chi connectivity index (χ0n) is 18.8. The van der Waals surface area contributed by atoms with Crippen molar-refractivity contribution >= 4 is 65.2 Å². The van der Waals surface area contributed by atoms with Gasteiger partial charge in [0, 0.05) is 31.9 Å². The van der Waals surface area contributed by atoms with Crippen molar-refractivity contribution in [2.75, 3.05) is 0 Å². The number of benzene rings is 4. The van der Waals surface area contributed by atoms with Crippen molar-refractivity contribution in [3.8, 4) is 5.69 Å². The number of aromatic nitrogens is 1. The normalized spacial score (nSPS) is 16.5. The predicted octanol–water partition coefficient (Wildman–Crippen LogP) is 9.39. The van der Waals surface area contributed by atoms with Crippen LogP contribution in [0.2, 0.25) is 0 Å². The van der Waals surface area contributed by atoms with Gasteiger partial charge in [-0.15, -0.1) is 0 Å². The molecule has 34 heavy (non-hydrogen) atoms. The Kier molecular flexibility index (Phi) is 4.37. The molecule has 1 aliphatic rings. The standard InChI is InChI=1S/C31H22BrNO/c1-19-14-15-21(26(32)18-19)22-11-7-12-23-24-16-17-28-29(31(24)34-30(22)23)25-10-5-6-13-27(25)33(28)20-8-3-2-4-9-20/h2-17,19H,18H2,1H3/t19-/m1/s1. The summed E-state index contributed by atoms with van der Waals surface area (Å²) in [7, 11) is 0. The molecule has 0 bridgehead atoms. The predicted molar refractivity (Wildman–Crippen MR) is 147 cm³/mol. The first-order valence-electron chi connectivity index (χ1n) is 11.7. The van der Waals surface area contributed by atoms with Gasteiger partial charge in [-0.25, -0.2) is 0 Å². The molecule has 0 N–H and O–H groups in total. The fourth-order valence-corrected chi connectivity index (χ4v) is 6.28. The van der Waals surface area contributed by atoms with Crippen molar-refractivity contribution in [1.82, 2.24) is 4.57 Å². The van der Waals surface area contributed by atoms with Gasteiger partial charge in [0.1, 0.15) is 11.2 Å². The molecule has 2 heterocycles. The first-order chi connectivity index (χ1) is 16.7. The van der Waals surface area contributed by atoms with Crippen LogP contribution in [-0.2, 0) is 0 Å². The van der Waals surface area contributed by atoms with Crippen molar-refractivity contribution in [2.24, 2.45) is 5.92 Å². The van der Waals surface area contributed by atoms with Gasteiger partial charge in [-0.05, 0) is 48.2 Å². The number of para-hydroxylation sites is 3. The first kappa shape index (κ1) is 19.9. The summed E-state index contributed by atoms with van der Waals surface area (Å²) >= 11 is 3.85. The van der Waals surface area contributed by atoms with E-state index in [0.717, 1.165) is 45.1 Å². The van der Waals surface area contributed by atoms with Gasteiger partial charge < -0.3 is 8.98 Å². The van der Waals surface area contributed by atoms with Gasteiger partial charge in [0.25, 0.3) is 0 Å². The molecule has 0 spiro atoms. The lowest BCUT2D eigenvalue weighted by Gasteiger charge is -2.16. The SMILES string of the molecule is C[C@@H]1C=CC(c2cccc3c2oc2c3ccc3c2c2ccccc2n3-c2ccccc2)=C(Br)C1. The monoisotopic (exact) mass is 503 g/mol. The van der Waals surface area contributed by atoms with Crippen LogP contribution >= 0.6 is 15.9 Å². The fourth-order valence-electron chi connectivity index (χ4n) is 5.42. The highest BCUT2D eigenvalue weighted by Crippen LogP contribution is 2.43. The molecule has 2 aromatic heterocycles. The van der Waals surface area contributed by atoms with Crippen LogP contribution in [0.5, 0.6) is 0 Å². The fraction of sp³-hybridized carbons (Fsp3) is 0.0968. The van der Waals surface area contributed by atoms with Crippen LogP contribution in [0.4, 0.5) is 0 Å². The second-order valence-electron chi connectivity index (χ2n) is 9.17. The van der Waals surface area contributed by atoms with Crippen LogP contribution in [0.25, 0.3) is 55.0 Å². The number of furan rings is 1. The Morgan fingerprint density at radius 1 is 0.765 bits per heavy atom. The topological polar surface area (TPSA) is 18.1 Å². The lowest BCUT2D eigenvalue weighted by atomic mass is 9.93.